The zero-order chi connectivity index (χ0) is 18.2. The van der Waals surface area contributed by atoms with Crippen LogP contribution >= 0.6 is 0 Å². The summed E-state index contributed by atoms with van der Waals surface area (Å²) in [4.78, 5) is 0. The van der Waals surface area contributed by atoms with Crippen LogP contribution < -0.4 is 10.1 Å². The Kier molecular flexibility index (Phi) is 6.68. The highest BCUT2D eigenvalue weighted by Gasteiger charge is 2.09. The van der Waals surface area contributed by atoms with Crippen molar-refractivity contribution in [3.8, 4) is 5.75 Å². The van der Waals surface area contributed by atoms with Gasteiger partial charge in [0, 0.05) is 12.1 Å². The molecule has 0 bridgehead atoms. The molecule has 1 N–H and O–H groups in total. The maximum atomic E-state index is 6.13. The second-order valence-electron chi connectivity index (χ2n) is 7.21. The zero-order valence-electron chi connectivity index (χ0n) is 15.9. The molecule has 0 radical (unpaired) electrons. The Hall–Kier alpha value is -2.32. The van der Waals surface area contributed by atoms with Gasteiger partial charge in [-0.1, -0.05) is 74.5 Å². The van der Waals surface area contributed by atoms with E-state index in [-0.39, 0.29) is 0 Å². The maximum absolute atomic E-state index is 6.13. The van der Waals surface area contributed by atoms with Crippen molar-refractivity contribution in [1.29, 1.82) is 0 Å². The molecule has 0 amide bonds. The van der Waals surface area contributed by atoms with E-state index < -0.39 is 0 Å². The van der Waals surface area contributed by atoms with Crippen LogP contribution in [0.5, 0.6) is 5.75 Å². The van der Waals surface area contributed by atoms with E-state index in [0.29, 0.717) is 5.92 Å². The average Bonchev–Trinajstić information content (AvgIpc) is 2.66. The normalized spacial score (nSPS) is 11.2. The summed E-state index contributed by atoms with van der Waals surface area (Å²) in [6.07, 6.45) is 2.11. The van der Waals surface area contributed by atoms with Crippen LogP contribution in [0.1, 0.15) is 31.4 Å². The molecule has 2 nitrogen and oxygen atoms in total. The van der Waals surface area contributed by atoms with Gasteiger partial charge < -0.3 is 10.1 Å². The molecule has 136 valence electrons. The number of ether oxygens (including phenoxy) is 1. The SMILES string of the molecule is CC(C)CCOc1ccc2ccccc2c1CNCCc1ccccc1. The first-order chi connectivity index (χ1) is 12.7. The Bertz CT molecular complexity index is 811. The average molecular weight is 348 g/mol. The van der Waals surface area contributed by atoms with Gasteiger partial charge in [-0.3, -0.25) is 0 Å². The van der Waals surface area contributed by atoms with Gasteiger partial charge in [0.2, 0.25) is 0 Å². The van der Waals surface area contributed by atoms with Gasteiger partial charge in [-0.15, -0.1) is 0 Å². The largest absolute Gasteiger partial charge is 0.493 e. The monoisotopic (exact) mass is 347 g/mol. The molecule has 0 aliphatic carbocycles. The van der Waals surface area contributed by atoms with Gasteiger partial charge in [0.05, 0.1) is 6.61 Å². The first kappa shape index (κ1) is 18.5. The van der Waals surface area contributed by atoms with Gasteiger partial charge in [0.1, 0.15) is 5.75 Å². The third kappa shape index (κ3) is 5.09. The lowest BCUT2D eigenvalue weighted by molar-refractivity contribution is 0.287. The predicted molar refractivity (Wildman–Crippen MR) is 111 cm³/mol. The summed E-state index contributed by atoms with van der Waals surface area (Å²) < 4.78 is 6.13. The molecule has 0 fully saturated rings. The lowest BCUT2D eigenvalue weighted by Gasteiger charge is -2.16. The van der Waals surface area contributed by atoms with Gasteiger partial charge in [-0.2, -0.15) is 0 Å². The second-order valence-corrected chi connectivity index (χ2v) is 7.21. The summed E-state index contributed by atoms with van der Waals surface area (Å²) in [6, 6.07) is 23.5. The topological polar surface area (TPSA) is 21.3 Å². The number of rotatable bonds is 9. The van der Waals surface area contributed by atoms with Crippen molar-refractivity contribution in [3.05, 3.63) is 77.9 Å². The molecule has 3 aromatic carbocycles. The molecule has 0 unspecified atom stereocenters. The van der Waals surface area contributed by atoms with Crippen LogP contribution in [0, 0.1) is 5.92 Å². The highest BCUT2D eigenvalue weighted by molar-refractivity contribution is 5.87. The van der Waals surface area contributed by atoms with E-state index in [0.717, 1.165) is 38.3 Å². The summed E-state index contributed by atoms with van der Waals surface area (Å²) in [5, 5.41) is 6.15. The first-order valence-corrected chi connectivity index (χ1v) is 9.62. The molecule has 0 spiro atoms. The minimum absolute atomic E-state index is 0.655. The van der Waals surface area contributed by atoms with Crippen LogP contribution in [-0.2, 0) is 13.0 Å². The van der Waals surface area contributed by atoms with Gasteiger partial charge in [-0.05, 0) is 47.7 Å². The molecule has 2 heteroatoms. The Morgan fingerprint density at radius 2 is 1.65 bits per heavy atom. The van der Waals surface area contributed by atoms with Crippen LogP contribution in [0.2, 0.25) is 0 Å². The minimum atomic E-state index is 0.655. The van der Waals surface area contributed by atoms with E-state index in [1.807, 2.05) is 0 Å². The maximum Gasteiger partial charge on any atom is 0.124 e. The number of benzene rings is 3. The van der Waals surface area contributed by atoms with Crippen LogP contribution in [0.4, 0.5) is 0 Å². The molecule has 0 saturated heterocycles. The molecule has 0 aliphatic heterocycles. The number of fused-ring (bicyclic) bond motifs is 1. The van der Waals surface area contributed by atoms with Crippen molar-refractivity contribution < 1.29 is 4.74 Å². The molecule has 0 heterocycles. The van der Waals surface area contributed by atoms with Crippen LogP contribution in [0.15, 0.2) is 66.7 Å². The molecular weight excluding hydrogens is 318 g/mol. The fourth-order valence-corrected chi connectivity index (χ4v) is 3.13. The minimum Gasteiger partial charge on any atom is -0.493 e. The molecule has 3 aromatic rings. The van der Waals surface area contributed by atoms with Crippen molar-refractivity contribution in [2.45, 2.75) is 33.2 Å². The predicted octanol–water partition coefficient (Wildman–Crippen LogP) is 5.60. The van der Waals surface area contributed by atoms with Crippen molar-refractivity contribution in [3.63, 3.8) is 0 Å². The molecule has 0 aromatic heterocycles. The van der Waals surface area contributed by atoms with E-state index in [1.165, 1.54) is 21.9 Å². The third-order valence-electron chi connectivity index (χ3n) is 4.69. The van der Waals surface area contributed by atoms with E-state index in [4.69, 9.17) is 4.74 Å². The van der Waals surface area contributed by atoms with Gasteiger partial charge in [0.25, 0.3) is 0 Å². The van der Waals surface area contributed by atoms with Crippen molar-refractivity contribution in [1.82, 2.24) is 5.32 Å². The third-order valence-corrected chi connectivity index (χ3v) is 4.69. The fourth-order valence-electron chi connectivity index (χ4n) is 3.13. The van der Waals surface area contributed by atoms with Gasteiger partial charge in [0.15, 0.2) is 0 Å². The molecule has 0 aliphatic rings. The van der Waals surface area contributed by atoms with Crippen molar-refractivity contribution in [2.24, 2.45) is 5.92 Å². The molecule has 3 rings (SSSR count). The number of nitrogens with one attached hydrogen (secondary N) is 1. The summed E-state index contributed by atoms with van der Waals surface area (Å²) >= 11 is 0. The molecule has 0 atom stereocenters. The Balaban J connectivity index is 1.69. The van der Waals surface area contributed by atoms with E-state index in [9.17, 15) is 0 Å². The summed E-state index contributed by atoms with van der Waals surface area (Å²) in [5.41, 5.74) is 2.63. The number of hydrogen-bond acceptors (Lipinski definition) is 2. The van der Waals surface area contributed by atoms with Crippen LogP contribution in [0.3, 0.4) is 0 Å². The summed E-state index contributed by atoms with van der Waals surface area (Å²) in [7, 11) is 0. The smallest absolute Gasteiger partial charge is 0.124 e. The highest BCUT2D eigenvalue weighted by Crippen LogP contribution is 2.28. The quantitative estimate of drug-likeness (QED) is 0.509. The van der Waals surface area contributed by atoms with E-state index >= 15 is 0 Å². The highest BCUT2D eigenvalue weighted by atomic mass is 16.5. The Labute approximate surface area is 157 Å². The van der Waals surface area contributed by atoms with Gasteiger partial charge >= 0.3 is 0 Å². The zero-order valence-corrected chi connectivity index (χ0v) is 15.9. The molecule has 0 saturated carbocycles. The van der Waals surface area contributed by atoms with Gasteiger partial charge in [-0.25, -0.2) is 0 Å². The summed E-state index contributed by atoms with van der Waals surface area (Å²) in [6.45, 7) is 7.02. The molecule has 26 heavy (non-hydrogen) atoms. The Morgan fingerprint density at radius 3 is 2.46 bits per heavy atom. The number of hydrogen-bond donors (Lipinski definition) is 1. The lowest BCUT2D eigenvalue weighted by atomic mass is 10.0. The second kappa shape index (κ2) is 9.40. The molecular formula is C24H29NO. The van der Waals surface area contributed by atoms with Crippen molar-refractivity contribution in [2.75, 3.05) is 13.2 Å². The van der Waals surface area contributed by atoms with Crippen LogP contribution in [-0.4, -0.2) is 13.2 Å². The van der Waals surface area contributed by atoms with E-state index in [1.54, 1.807) is 0 Å². The van der Waals surface area contributed by atoms with Crippen LogP contribution in [0.25, 0.3) is 10.8 Å². The van der Waals surface area contributed by atoms with E-state index in [2.05, 4.69) is 85.9 Å². The summed E-state index contributed by atoms with van der Waals surface area (Å²) in [5.74, 6) is 1.67. The first-order valence-electron chi connectivity index (χ1n) is 9.62. The Morgan fingerprint density at radius 1 is 0.885 bits per heavy atom. The standard InChI is InChI=1S/C24H29NO/c1-19(2)15-17-26-24-13-12-21-10-6-7-11-22(21)23(24)18-25-16-14-20-8-4-3-5-9-20/h3-13,19,25H,14-18H2,1-2H3. The van der Waals surface area contributed by atoms with Crippen molar-refractivity contribution >= 4 is 10.8 Å². The lowest BCUT2D eigenvalue weighted by Crippen LogP contribution is -2.17. The fraction of sp³-hybridized carbons (Fsp3) is 0.333.